The van der Waals surface area contributed by atoms with Crippen molar-refractivity contribution in [2.75, 3.05) is 5.32 Å². The van der Waals surface area contributed by atoms with Gasteiger partial charge < -0.3 is 10.4 Å². The maximum absolute atomic E-state index is 10.7. The van der Waals surface area contributed by atoms with Crippen LogP contribution in [0.15, 0.2) is 36.5 Å². The van der Waals surface area contributed by atoms with Gasteiger partial charge in [0.2, 0.25) is 0 Å². The van der Waals surface area contributed by atoms with E-state index in [1.54, 1.807) is 6.92 Å². The molecular weight excluding hydrogens is 218 g/mol. The number of para-hydroxylation sites is 1. The number of carbonyl (C=O) groups is 1. The monoisotopic (exact) mass is 229 g/mol. The topological polar surface area (TPSA) is 75.1 Å². The average Bonchev–Trinajstić information content (AvgIpc) is 2.33. The molecule has 1 aromatic carbocycles. The van der Waals surface area contributed by atoms with Crippen molar-refractivity contribution in [1.82, 2.24) is 9.97 Å². The number of nitrogens with one attached hydrogen (secondary N) is 1. The van der Waals surface area contributed by atoms with Crippen molar-refractivity contribution in [3.63, 3.8) is 0 Å². The van der Waals surface area contributed by atoms with Crippen LogP contribution in [-0.4, -0.2) is 21.0 Å². The fourth-order valence-corrected chi connectivity index (χ4v) is 1.37. The van der Waals surface area contributed by atoms with Gasteiger partial charge in [-0.05, 0) is 19.1 Å². The van der Waals surface area contributed by atoms with Crippen molar-refractivity contribution in [3.8, 4) is 0 Å². The summed E-state index contributed by atoms with van der Waals surface area (Å²) in [4.78, 5) is 18.7. The predicted molar refractivity (Wildman–Crippen MR) is 63.5 cm³/mol. The van der Waals surface area contributed by atoms with Gasteiger partial charge in [0.15, 0.2) is 11.5 Å². The summed E-state index contributed by atoms with van der Waals surface area (Å²) in [7, 11) is 0. The molecule has 2 rings (SSSR count). The molecule has 0 aliphatic heterocycles. The summed E-state index contributed by atoms with van der Waals surface area (Å²) in [5, 5.41) is 11.8. The Kier molecular flexibility index (Phi) is 3.00. The van der Waals surface area contributed by atoms with Crippen molar-refractivity contribution in [3.05, 3.63) is 47.9 Å². The first kappa shape index (κ1) is 11.1. The minimum absolute atomic E-state index is 0.0545. The van der Waals surface area contributed by atoms with E-state index in [0.717, 1.165) is 5.69 Å². The summed E-state index contributed by atoms with van der Waals surface area (Å²) in [5.74, 6) is -0.520. The molecule has 0 spiro atoms. The molecule has 2 aromatic rings. The largest absolute Gasteiger partial charge is 0.476 e. The smallest absolute Gasteiger partial charge is 0.356 e. The van der Waals surface area contributed by atoms with Crippen LogP contribution in [0, 0.1) is 6.92 Å². The van der Waals surface area contributed by atoms with Crippen molar-refractivity contribution < 1.29 is 9.90 Å². The van der Waals surface area contributed by atoms with Gasteiger partial charge in [0.1, 0.15) is 0 Å². The zero-order valence-electron chi connectivity index (χ0n) is 9.21. The van der Waals surface area contributed by atoms with Crippen LogP contribution >= 0.6 is 0 Å². The van der Waals surface area contributed by atoms with Crippen LogP contribution in [0.3, 0.4) is 0 Å². The van der Waals surface area contributed by atoms with E-state index in [2.05, 4.69) is 15.3 Å². The lowest BCUT2D eigenvalue weighted by atomic mass is 10.3. The Hall–Kier alpha value is -2.43. The quantitative estimate of drug-likeness (QED) is 0.844. The molecular formula is C12H11N3O2. The van der Waals surface area contributed by atoms with Gasteiger partial charge in [-0.2, -0.15) is 0 Å². The molecule has 0 aliphatic rings. The first-order valence-corrected chi connectivity index (χ1v) is 5.06. The highest BCUT2D eigenvalue weighted by Crippen LogP contribution is 2.16. The average molecular weight is 229 g/mol. The number of aryl methyl sites for hydroxylation is 1. The number of carboxylic acid groups (broad SMARTS) is 1. The lowest BCUT2D eigenvalue weighted by Gasteiger charge is -2.07. The minimum atomic E-state index is -1.08. The van der Waals surface area contributed by atoms with Crippen molar-refractivity contribution >= 4 is 17.5 Å². The fourth-order valence-electron chi connectivity index (χ4n) is 1.37. The minimum Gasteiger partial charge on any atom is -0.476 e. The number of nitrogens with zero attached hydrogens (tertiary/aromatic N) is 2. The first-order chi connectivity index (χ1) is 8.16. The van der Waals surface area contributed by atoms with E-state index in [1.807, 2.05) is 30.3 Å². The van der Waals surface area contributed by atoms with Crippen LogP contribution < -0.4 is 5.32 Å². The van der Waals surface area contributed by atoms with E-state index in [-0.39, 0.29) is 5.69 Å². The summed E-state index contributed by atoms with van der Waals surface area (Å²) in [6, 6.07) is 9.50. The number of aromatic carboxylic acids is 1. The van der Waals surface area contributed by atoms with Crippen molar-refractivity contribution in [2.45, 2.75) is 6.92 Å². The van der Waals surface area contributed by atoms with E-state index < -0.39 is 5.97 Å². The van der Waals surface area contributed by atoms with E-state index in [4.69, 9.17) is 5.11 Å². The molecule has 0 saturated heterocycles. The second-order valence-electron chi connectivity index (χ2n) is 3.49. The van der Waals surface area contributed by atoms with Crippen LogP contribution in [-0.2, 0) is 0 Å². The number of anilines is 2. The van der Waals surface area contributed by atoms with Gasteiger partial charge in [-0.15, -0.1) is 0 Å². The molecule has 0 saturated carbocycles. The Balaban J connectivity index is 2.26. The third-order valence-electron chi connectivity index (χ3n) is 2.20. The predicted octanol–water partition coefficient (Wildman–Crippen LogP) is 2.23. The number of carboxylic acids is 1. The highest BCUT2D eigenvalue weighted by molar-refractivity contribution is 5.85. The summed E-state index contributed by atoms with van der Waals surface area (Å²) in [6.07, 6.45) is 1.24. The molecule has 0 unspecified atom stereocenters. The summed E-state index contributed by atoms with van der Waals surface area (Å²) >= 11 is 0. The normalized spacial score (nSPS) is 9.94. The molecule has 0 radical (unpaired) electrons. The number of benzene rings is 1. The lowest BCUT2D eigenvalue weighted by molar-refractivity contribution is 0.0690. The van der Waals surface area contributed by atoms with Crippen LogP contribution in [0.2, 0.25) is 0 Å². The lowest BCUT2D eigenvalue weighted by Crippen LogP contribution is -2.05. The number of hydrogen-bond acceptors (Lipinski definition) is 4. The van der Waals surface area contributed by atoms with Gasteiger partial charge in [-0.1, -0.05) is 18.2 Å². The Labute approximate surface area is 98.2 Å². The molecule has 5 nitrogen and oxygen atoms in total. The molecule has 86 valence electrons. The van der Waals surface area contributed by atoms with Gasteiger partial charge in [0.25, 0.3) is 0 Å². The zero-order chi connectivity index (χ0) is 12.3. The molecule has 0 atom stereocenters. The SMILES string of the molecule is Cc1nc(C(=O)O)cnc1Nc1ccccc1. The summed E-state index contributed by atoms with van der Waals surface area (Å²) in [6.45, 7) is 1.71. The van der Waals surface area contributed by atoms with Gasteiger partial charge >= 0.3 is 5.97 Å². The number of hydrogen-bond donors (Lipinski definition) is 2. The van der Waals surface area contributed by atoms with Crippen LogP contribution in [0.4, 0.5) is 11.5 Å². The molecule has 0 fully saturated rings. The Morgan fingerprint density at radius 3 is 2.59 bits per heavy atom. The number of aromatic nitrogens is 2. The molecule has 5 heteroatoms. The van der Waals surface area contributed by atoms with Gasteiger partial charge in [0.05, 0.1) is 11.9 Å². The second kappa shape index (κ2) is 4.61. The zero-order valence-corrected chi connectivity index (χ0v) is 9.21. The van der Waals surface area contributed by atoms with Gasteiger partial charge in [0, 0.05) is 5.69 Å². The standard InChI is InChI=1S/C12H11N3O2/c1-8-11(13-7-10(14-8)12(16)17)15-9-5-3-2-4-6-9/h2-7H,1H3,(H,13,15)(H,16,17). The Morgan fingerprint density at radius 1 is 1.29 bits per heavy atom. The first-order valence-electron chi connectivity index (χ1n) is 5.06. The molecule has 1 heterocycles. The van der Waals surface area contributed by atoms with Gasteiger partial charge in [-0.25, -0.2) is 14.8 Å². The Morgan fingerprint density at radius 2 is 2.00 bits per heavy atom. The van der Waals surface area contributed by atoms with Crippen molar-refractivity contribution in [2.24, 2.45) is 0 Å². The van der Waals surface area contributed by atoms with Crippen LogP contribution in [0.5, 0.6) is 0 Å². The highest BCUT2D eigenvalue weighted by Gasteiger charge is 2.08. The number of rotatable bonds is 3. The van der Waals surface area contributed by atoms with Gasteiger partial charge in [-0.3, -0.25) is 0 Å². The molecule has 2 N–H and O–H groups in total. The van der Waals surface area contributed by atoms with Crippen LogP contribution in [0.25, 0.3) is 0 Å². The van der Waals surface area contributed by atoms with E-state index in [9.17, 15) is 4.79 Å². The maximum atomic E-state index is 10.7. The molecule has 0 amide bonds. The second-order valence-corrected chi connectivity index (χ2v) is 3.49. The van der Waals surface area contributed by atoms with Crippen molar-refractivity contribution in [1.29, 1.82) is 0 Å². The van der Waals surface area contributed by atoms with E-state index in [0.29, 0.717) is 11.5 Å². The maximum Gasteiger partial charge on any atom is 0.356 e. The summed E-state index contributed by atoms with van der Waals surface area (Å²) < 4.78 is 0. The fraction of sp³-hybridized carbons (Fsp3) is 0.0833. The highest BCUT2D eigenvalue weighted by atomic mass is 16.4. The molecule has 17 heavy (non-hydrogen) atoms. The van der Waals surface area contributed by atoms with E-state index in [1.165, 1.54) is 6.20 Å². The summed E-state index contributed by atoms with van der Waals surface area (Å²) in [5.41, 5.74) is 1.38. The molecule has 0 bridgehead atoms. The third-order valence-corrected chi connectivity index (χ3v) is 2.20. The molecule has 0 aliphatic carbocycles. The Bertz CT molecular complexity index is 541. The van der Waals surface area contributed by atoms with E-state index >= 15 is 0 Å². The van der Waals surface area contributed by atoms with Crippen LogP contribution in [0.1, 0.15) is 16.2 Å². The third kappa shape index (κ3) is 2.57. The molecule has 1 aromatic heterocycles.